The summed E-state index contributed by atoms with van der Waals surface area (Å²) in [4.78, 5) is 7.07. The monoisotopic (exact) mass is 230 g/mol. The second-order valence-electron chi connectivity index (χ2n) is 2.62. The number of aromatic amines is 1. The van der Waals surface area contributed by atoms with Crippen molar-refractivity contribution in [1.29, 1.82) is 0 Å². The van der Waals surface area contributed by atoms with E-state index in [1.165, 1.54) is 0 Å². The average Bonchev–Trinajstić information content (AvgIpc) is 2.69. The van der Waals surface area contributed by atoms with Crippen LogP contribution in [0.5, 0.6) is 0 Å². The molecule has 0 aliphatic heterocycles. The lowest BCUT2D eigenvalue weighted by molar-refractivity contribution is 1.03. The topological polar surface area (TPSA) is 52.7 Å². The highest BCUT2D eigenvalue weighted by Crippen LogP contribution is 2.02. The Kier molecular flexibility index (Phi) is 5.39. The van der Waals surface area contributed by atoms with Crippen molar-refractivity contribution >= 4 is 29.1 Å². The van der Waals surface area contributed by atoms with Crippen molar-refractivity contribution in [2.75, 3.05) is 18.7 Å². The van der Waals surface area contributed by atoms with E-state index in [1.807, 2.05) is 13.2 Å². The van der Waals surface area contributed by atoms with Crippen LogP contribution >= 0.6 is 24.0 Å². The predicted octanol–water partition coefficient (Wildman–Crippen LogP) is 0.737. The van der Waals surface area contributed by atoms with Gasteiger partial charge in [0.25, 0.3) is 0 Å². The van der Waals surface area contributed by atoms with Crippen molar-refractivity contribution in [3.63, 3.8) is 0 Å². The van der Waals surface area contributed by atoms with Crippen LogP contribution in [0, 0.1) is 0 Å². The maximum absolute atomic E-state index is 4.93. The molecule has 3 N–H and O–H groups in total. The summed E-state index contributed by atoms with van der Waals surface area (Å²) in [5, 5.41) is 6.62. The summed E-state index contributed by atoms with van der Waals surface area (Å²) in [6.07, 6.45) is 4.61. The Morgan fingerprint density at radius 3 is 3.21 bits per heavy atom. The highest BCUT2D eigenvalue weighted by atomic mass is 32.2. The van der Waals surface area contributed by atoms with Crippen molar-refractivity contribution in [2.45, 2.75) is 6.42 Å². The van der Waals surface area contributed by atoms with E-state index in [0.717, 1.165) is 23.7 Å². The summed E-state index contributed by atoms with van der Waals surface area (Å²) in [7, 11) is 1.81. The molecular weight excluding hydrogens is 216 g/mol. The minimum absolute atomic E-state index is 0.692. The van der Waals surface area contributed by atoms with Crippen LogP contribution in [0.15, 0.2) is 12.5 Å². The molecule has 0 aliphatic carbocycles. The molecule has 1 aromatic rings. The molecule has 1 heterocycles. The molecule has 0 fully saturated rings. The number of nitrogens with zero attached hydrogens (tertiary/aromatic N) is 1. The summed E-state index contributed by atoms with van der Waals surface area (Å²) >= 11 is 6.73. The zero-order chi connectivity index (χ0) is 10.2. The van der Waals surface area contributed by atoms with Gasteiger partial charge in [0, 0.05) is 25.4 Å². The van der Waals surface area contributed by atoms with Crippen molar-refractivity contribution in [1.82, 2.24) is 20.6 Å². The van der Waals surface area contributed by atoms with Crippen molar-refractivity contribution < 1.29 is 0 Å². The van der Waals surface area contributed by atoms with E-state index in [0.29, 0.717) is 5.11 Å². The first-order chi connectivity index (χ1) is 6.83. The van der Waals surface area contributed by atoms with Crippen LogP contribution in [0.3, 0.4) is 0 Å². The minimum atomic E-state index is 0.692. The molecule has 14 heavy (non-hydrogen) atoms. The number of imidazole rings is 1. The fourth-order valence-corrected chi connectivity index (χ4v) is 1.79. The van der Waals surface area contributed by atoms with E-state index in [1.54, 1.807) is 18.1 Å². The van der Waals surface area contributed by atoms with Gasteiger partial charge in [-0.05, 0) is 12.2 Å². The fraction of sp³-hybridized carbons (Fsp3) is 0.500. The van der Waals surface area contributed by atoms with Gasteiger partial charge in [-0.25, -0.2) is 4.98 Å². The van der Waals surface area contributed by atoms with Gasteiger partial charge >= 0.3 is 0 Å². The average molecular weight is 230 g/mol. The van der Waals surface area contributed by atoms with Crippen LogP contribution in [-0.4, -0.2) is 33.8 Å². The standard InChI is InChI=1S/C8H14N4S2/c1-9-8(13)12-6-14-3-2-7-4-10-5-11-7/h4-5H,2-3,6H2,1H3,(H,10,11)(H2,9,12,13). The number of thioether (sulfide) groups is 1. The molecule has 0 amide bonds. The van der Waals surface area contributed by atoms with E-state index in [9.17, 15) is 0 Å². The maximum Gasteiger partial charge on any atom is 0.166 e. The third-order valence-electron chi connectivity index (χ3n) is 1.62. The molecule has 0 radical (unpaired) electrons. The zero-order valence-corrected chi connectivity index (χ0v) is 9.67. The van der Waals surface area contributed by atoms with Gasteiger partial charge < -0.3 is 15.6 Å². The molecule has 0 atom stereocenters. The number of thiocarbonyl (C=S) groups is 1. The molecule has 0 saturated carbocycles. The summed E-state index contributed by atoms with van der Waals surface area (Å²) in [6, 6.07) is 0. The van der Waals surface area contributed by atoms with Crippen LogP contribution in [0.1, 0.15) is 5.69 Å². The van der Waals surface area contributed by atoms with Crippen LogP contribution in [-0.2, 0) is 6.42 Å². The number of hydrogen-bond donors (Lipinski definition) is 3. The third-order valence-corrected chi connectivity index (χ3v) is 2.81. The van der Waals surface area contributed by atoms with Crippen LogP contribution in [0.2, 0.25) is 0 Å². The first-order valence-electron chi connectivity index (χ1n) is 4.34. The maximum atomic E-state index is 4.93. The zero-order valence-electron chi connectivity index (χ0n) is 8.04. The van der Waals surface area contributed by atoms with Gasteiger partial charge in [0.15, 0.2) is 5.11 Å². The highest BCUT2D eigenvalue weighted by Gasteiger charge is 1.95. The normalized spacial score (nSPS) is 9.79. The first kappa shape index (κ1) is 11.3. The van der Waals surface area contributed by atoms with Crippen molar-refractivity contribution in [3.8, 4) is 0 Å². The number of aromatic nitrogens is 2. The Morgan fingerprint density at radius 1 is 1.71 bits per heavy atom. The predicted molar refractivity (Wildman–Crippen MR) is 64.4 cm³/mol. The number of H-pyrrole nitrogens is 1. The Bertz CT molecular complexity index is 260. The summed E-state index contributed by atoms with van der Waals surface area (Å²) < 4.78 is 0. The summed E-state index contributed by atoms with van der Waals surface area (Å²) in [6.45, 7) is 0. The van der Waals surface area contributed by atoms with E-state index < -0.39 is 0 Å². The quantitative estimate of drug-likeness (QED) is 0.396. The highest BCUT2D eigenvalue weighted by molar-refractivity contribution is 7.99. The van der Waals surface area contributed by atoms with E-state index in [4.69, 9.17) is 12.2 Å². The van der Waals surface area contributed by atoms with Gasteiger partial charge in [-0.3, -0.25) is 0 Å². The molecule has 6 heteroatoms. The van der Waals surface area contributed by atoms with Gasteiger partial charge in [-0.1, -0.05) is 0 Å². The molecule has 78 valence electrons. The Morgan fingerprint density at radius 2 is 2.57 bits per heavy atom. The number of rotatable bonds is 5. The van der Waals surface area contributed by atoms with Crippen molar-refractivity contribution in [2.24, 2.45) is 0 Å². The van der Waals surface area contributed by atoms with Crippen LogP contribution in [0.4, 0.5) is 0 Å². The Balaban J connectivity index is 1.97. The molecule has 1 rings (SSSR count). The third kappa shape index (κ3) is 4.48. The van der Waals surface area contributed by atoms with Gasteiger partial charge in [-0.15, -0.1) is 11.8 Å². The smallest absolute Gasteiger partial charge is 0.166 e. The molecule has 0 bridgehead atoms. The molecular formula is C8H14N4S2. The molecule has 0 unspecified atom stereocenters. The molecule has 0 aliphatic rings. The number of nitrogens with one attached hydrogen (secondary N) is 3. The number of aryl methyl sites for hydroxylation is 1. The lowest BCUT2D eigenvalue weighted by atomic mass is 10.4. The molecule has 4 nitrogen and oxygen atoms in total. The Labute approximate surface area is 93.3 Å². The second kappa shape index (κ2) is 6.67. The van der Waals surface area contributed by atoms with E-state index in [-0.39, 0.29) is 0 Å². The van der Waals surface area contributed by atoms with Gasteiger partial charge in [0.2, 0.25) is 0 Å². The van der Waals surface area contributed by atoms with Crippen LogP contribution in [0.25, 0.3) is 0 Å². The lowest BCUT2D eigenvalue weighted by Gasteiger charge is -2.05. The SMILES string of the molecule is CNC(=S)NCSCCc1c[nH]cn1. The lowest BCUT2D eigenvalue weighted by Crippen LogP contribution is -2.32. The van der Waals surface area contributed by atoms with Gasteiger partial charge in [0.05, 0.1) is 17.9 Å². The van der Waals surface area contributed by atoms with Crippen molar-refractivity contribution in [3.05, 3.63) is 18.2 Å². The summed E-state index contributed by atoms with van der Waals surface area (Å²) in [5.74, 6) is 1.88. The molecule has 1 aromatic heterocycles. The first-order valence-corrected chi connectivity index (χ1v) is 5.90. The minimum Gasteiger partial charge on any atom is -0.366 e. The second-order valence-corrected chi connectivity index (χ2v) is 4.13. The van der Waals surface area contributed by atoms with Gasteiger partial charge in [-0.2, -0.15) is 0 Å². The Hall–Kier alpha value is -0.750. The van der Waals surface area contributed by atoms with E-state index >= 15 is 0 Å². The largest absolute Gasteiger partial charge is 0.366 e. The summed E-state index contributed by atoms with van der Waals surface area (Å²) in [5.41, 5.74) is 1.11. The number of hydrogen-bond acceptors (Lipinski definition) is 3. The van der Waals surface area contributed by atoms with Gasteiger partial charge in [0.1, 0.15) is 0 Å². The molecule has 0 aromatic carbocycles. The fourth-order valence-electron chi connectivity index (χ4n) is 0.881. The van der Waals surface area contributed by atoms with E-state index in [2.05, 4.69) is 20.6 Å². The molecule has 0 spiro atoms. The van der Waals surface area contributed by atoms with Crippen LogP contribution < -0.4 is 10.6 Å². The molecule has 0 saturated heterocycles.